The Balaban J connectivity index is 2.33. The summed E-state index contributed by atoms with van der Waals surface area (Å²) < 4.78 is 9.69. The second-order valence-electron chi connectivity index (χ2n) is 3.35. The van der Waals surface area contributed by atoms with Gasteiger partial charge < -0.3 is 14.8 Å². The van der Waals surface area contributed by atoms with Gasteiger partial charge in [-0.2, -0.15) is 0 Å². The van der Waals surface area contributed by atoms with E-state index in [0.717, 1.165) is 0 Å². The Morgan fingerprint density at radius 2 is 2.25 bits per heavy atom. The van der Waals surface area contributed by atoms with Gasteiger partial charge in [-0.1, -0.05) is 18.2 Å². The monoisotopic (exact) mass is 221 g/mol. The summed E-state index contributed by atoms with van der Waals surface area (Å²) in [6, 6.07) is 6.92. The molecular formula is C11H11NO4. The van der Waals surface area contributed by atoms with E-state index in [1.807, 2.05) is 0 Å². The Bertz CT molecular complexity index is 430. The average molecular weight is 221 g/mol. The molecule has 0 aliphatic carbocycles. The number of nitrogens with one attached hydrogen (secondary N) is 1. The van der Waals surface area contributed by atoms with Crippen LogP contribution in [0, 0.1) is 0 Å². The number of benzene rings is 1. The number of ether oxygens (including phenoxy) is 2. The van der Waals surface area contributed by atoms with Crippen molar-refractivity contribution in [3.8, 4) is 0 Å². The van der Waals surface area contributed by atoms with Gasteiger partial charge in [-0.05, 0) is 6.07 Å². The van der Waals surface area contributed by atoms with Gasteiger partial charge in [0.15, 0.2) is 0 Å². The van der Waals surface area contributed by atoms with Crippen molar-refractivity contribution in [3.05, 3.63) is 35.4 Å². The molecule has 16 heavy (non-hydrogen) atoms. The second kappa shape index (κ2) is 4.22. The summed E-state index contributed by atoms with van der Waals surface area (Å²) >= 11 is 0. The summed E-state index contributed by atoms with van der Waals surface area (Å²) in [5.74, 6) is -0.432. The van der Waals surface area contributed by atoms with Gasteiger partial charge in [0.1, 0.15) is 6.10 Å². The normalized spacial score (nSPS) is 18.8. The molecule has 1 amide bonds. The topological polar surface area (TPSA) is 64.6 Å². The molecule has 1 aromatic carbocycles. The molecule has 1 unspecified atom stereocenters. The fourth-order valence-electron chi connectivity index (χ4n) is 1.64. The van der Waals surface area contributed by atoms with Gasteiger partial charge >= 0.3 is 12.1 Å². The molecule has 1 aliphatic rings. The van der Waals surface area contributed by atoms with Crippen molar-refractivity contribution in [2.24, 2.45) is 0 Å². The van der Waals surface area contributed by atoms with Gasteiger partial charge in [0.05, 0.1) is 19.2 Å². The summed E-state index contributed by atoms with van der Waals surface area (Å²) in [5, 5.41) is 2.54. The number of alkyl carbamates (subject to hydrolysis) is 1. The minimum absolute atomic E-state index is 0.368. The van der Waals surface area contributed by atoms with Crippen LogP contribution >= 0.6 is 0 Å². The lowest BCUT2D eigenvalue weighted by atomic mass is 10.0. The van der Waals surface area contributed by atoms with Gasteiger partial charge in [0.25, 0.3) is 0 Å². The van der Waals surface area contributed by atoms with Crippen LogP contribution in [-0.2, 0) is 9.47 Å². The molecule has 1 saturated heterocycles. The van der Waals surface area contributed by atoms with Crippen LogP contribution in [0.4, 0.5) is 4.79 Å². The van der Waals surface area contributed by atoms with E-state index in [-0.39, 0.29) is 0 Å². The lowest BCUT2D eigenvalue weighted by Gasteiger charge is -2.11. The number of methoxy groups -OCH3 is 1. The van der Waals surface area contributed by atoms with Crippen molar-refractivity contribution in [2.45, 2.75) is 6.10 Å². The van der Waals surface area contributed by atoms with Crippen LogP contribution in [0.5, 0.6) is 0 Å². The molecule has 0 saturated carbocycles. The molecule has 0 bridgehead atoms. The number of carbonyl (C=O) groups is 2. The van der Waals surface area contributed by atoms with E-state index in [2.05, 4.69) is 10.1 Å². The Labute approximate surface area is 92.4 Å². The molecule has 1 N–H and O–H groups in total. The summed E-state index contributed by atoms with van der Waals surface area (Å²) in [4.78, 5) is 22.4. The third kappa shape index (κ3) is 1.84. The average Bonchev–Trinajstić information content (AvgIpc) is 2.75. The van der Waals surface area contributed by atoms with E-state index in [1.165, 1.54) is 7.11 Å². The predicted molar refractivity (Wildman–Crippen MR) is 55.0 cm³/mol. The van der Waals surface area contributed by atoms with Crippen molar-refractivity contribution in [3.63, 3.8) is 0 Å². The molecule has 0 aromatic heterocycles. The van der Waals surface area contributed by atoms with Crippen molar-refractivity contribution < 1.29 is 19.1 Å². The van der Waals surface area contributed by atoms with E-state index in [1.54, 1.807) is 24.3 Å². The number of hydrogen-bond donors (Lipinski definition) is 1. The molecule has 84 valence electrons. The van der Waals surface area contributed by atoms with Gasteiger partial charge in [0, 0.05) is 5.56 Å². The van der Waals surface area contributed by atoms with Gasteiger partial charge in [-0.25, -0.2) is 9.59 Å². The van der Waals surface area contributed by atoms with Crippen LogP contribution < -0.4 is 5.32 Å². The molecule has 0 radical (unpaired) electrons. The predicted octanol–water partition coefficient (Wildman–Crippen LogP) is 1.25. The first kappa shape index (κ1) is 10.5. The molecule has 1 fully saturated rings. The van der Waals surface area contributed by atoms with E-state index < -0.39 is 18.2 Å². The summed E-state index contributed by atoms with van der Waals surface area (Å²) in [7, 11) is 1.32. The van der Waals surface area contributed by atoms with E-state index in [4.69, 9.17) is 4.74 Å². The van der Waals surface area contributed by atoms with Crippen molar-refractivity contribution in [2.75, 3.05) is 13.7 Å². The van der Waals surface area contributed by atoms with Crippen LogP contribution in [0.2, 0.25) is 0 Å². The minimum atomic E-state index is -0.468. The maximum atomic E-state index is 11.5. The Morgan fingerprint density at radius 1 is 1.50 bits per heavy atom. The Kier molecular flexibility index (Phi) is 2.76. The van der Waals surface area contributed by atoms with E-state index in [9.17, 15) is 9.59 Å². The molecule has 1 atom stereocenters. The number of rotatable bonds is 2. The number of amides is 1. The number of hydrogen-bond acceptors (Lipinski definition) is 4. The van der Waals surface area contributed by atoms with Crippen molar-refractivity contribution in [1.29, 1.82) is 0 Å². The zero-order valence-electron chi connectivity index (χ0n) is 8.73. The molecule has 1 aliphatic heterocycles. The fraction of sp³-hybridized carbons (Fsp3) is 0.273. The van der Waals surface area contributed by atoms with Crippen molar-refractivity contribution in [1.82, 2.24) is 5.32 Å². The molecule has 1 heterocycles. The quantitative estimate of drug-likeness (QED) is 0.763. The first-order valence-electron chi connectivity index (χ1n) is 4.84. The largest absolute Gasteiger partial charge is 0.465 e. The zero-order valence-corrected chi connectivity index (χ0v) is 8.73. The molecule has 5 heteroatoms. The maximum Gasteiger partial charge on any atom is 0.407 e. The van der Waals surface area contributed by atoms with E-state index in [0.29, 0.717) is 17.7 Å². The first-order valence-corrected chi connectivity index (χ1v) is 4.84. The summed E-state index contributed by atoms with van der Waals surface area (Å²) in [6.45, 7) is 0.368. The fourth-order valence-corrected chi connectivity index (χ4v) is 1.64. The zero-order chi connectivity index (χ0) is 11.5. The maximum absolute atomic E-state index is 11.5. The first-order chi connectivity index (χ1) is 7.72. The Hall–Kier alpha value is -2.04. The number of carbonyl (C=O) groups excluding carboxylic acids is 2. The number of esters is 1. The standard InChI is InChI=1S/C11H11NO4/c1-15-10(13)8-5-3-2-4-7(8)9-6-12-11(14)16-9/h2-5,9H,6H2,1H3,(H,12,14). The highest BCUT2D eigenvalue weighted by molar-refractivity contribution is 5.91. The smallest absolute Gasteiger partial charge is 0.407 e. The lowest BCUT2D eigenvalue weighted by molar-refractivity contribution is 0.0593. The van der Waals surface area contributed by atoms with Crippen LogP contribution in [0.25, 0.3) is 0 Å². The highest BCUT2D eigenvalue weighted by Crippen LogP contribution is 2.24. The summed E-state index contributed by atoms with van der Waals surface area (Å²) in [5.41, 5.74) is 1.08. The molecule has 5 nitrogen and oxygen atoms in total. The van der Waals surface area contributed by atoms with Crippen LogP contribution in [0.1, 0.15) is 22.0 Å². The molecule has 2 rings (SSSR count). The third-order valence-electron chi connectivity index (χ3n) is 2.39. The highest BCUT2D eigenvalue weighted by Gasteiger charge is 2.27. The van der Waals surface area contributed by atoms with E-state index >= 15 is 0 Å². The van der Waals surface area contributed by atoms with Crippen LogP contribution in [-0.4, -0.2) is 25.7 Å². The SMILES string of the molecule is COC(=O)c1ccccc1C1CNC(=O)O1. The third-order valence-corrected chi connectivity index (χ3v) is 2.39. The molecule has 1 aromatic rings. The highest BCUT2D eigenvalue weighted by atomic mass is 16.6. The molecular weight excluding hydrogens is 210 g/mol. The number of cyclic esters (lactones) is 1. The van der Waals surface area contributed by atoms with Gasteiger partial charge in [-0.15, -0.1) is 0 Å². The van der Waals surface area contributed by atoms with Crippen LogP contribution in [0.3, 0.4) is 0 Å². The summed E-state index contributed by atoms with van der Waals surface area (Å²) in [6.07, 6.45) is -0.896. The minimum Gasteiger partial charge on any atom is -0.465 e. The van der Waals surface area contributed by atoms with Gasteiger partial charge in [0.2, 0.25) is 0 Å². The van der Waals surface area contributed by atoms with Crippen molar-refractivity contribution >= 4 is 12.1 Å². The second-order valence-corrected chi connectivity index (χ2v) is 3.35. The lowest BCUT2D eigenvalue weighted by Crippen LogP contribution is -2.13. The van der Waals surface area contributed by atoms with Gasteiger partial charge in [-0.3, -0.25) is 0 Å². The van der Waals surface area contributed by atoms with Crippen LogP contribution in [0.15, 0.2) is 24.3 Å². The Morgan fingerprint density at radius 3 is 2.88 bits per heavy atom. The molecule has 0 spiro atoms.